The normalized spacial score (nSPS) is 34.1. The van der Waals surface area contributed by atoms with Crippen LogP contribution in [-0.2, 0) is 14.3 Å². The lowest BCUT2D eigenvalue weighted by Crippen LogP contribution is -2.53. The molecule has 1 heterocycles. The molecule has 3 N–H and O–H groups in total. The summed E-state index contributed by atoms with van der Waals surface area (Å²) in [5.41, 5.74) is 5.14. The molecule has 5 fully saturated rings. The van der Waals surface area contributed by atoms with E-state index in [2.05, 4.69) is 4.90 Å². The molecular weight excluding hydrogens is 487 g/mol. The highest BCUT2D eigenvalue weighted by Gasteiger charge is 2.50. The molecule has 1 saturated heterocycles. The number of carbonyl (C=O) groups excluding carboxylic acids is 3. The number of Topliss-reactive ketones (excluding diaryl/α,β-unsaturated/α-hetero) is 1. The van der Waals surface area contributed by atoms with E-state index < -0.39 is 17.6 Å². The molecule has 4 saturated carbocycles. The number of likely N-dealkylation sites (tertiary alicyclic amines) is 1. The maximum absolute atomic E-state index is 13.2. The molecule has 1 aliphatic heterocycles. The van der Waals surface area contributed by atoms with Crippen molar-refractivity contribution in [2.45, 2.75) is 82.3 Å². The fourth-order valence-electron chi connectivity index (χ4n) is 7.48. The Morgan fingerprint density at radius 2 is 1.68 bits per heavy atom. The number of aliphatic hydroxyl groups excluding tert-OH is 1. The second kappa shape index (κ2) is 11.4. The van der Waals surface area contributed by atoms with Gasteiger partial charge in [0.05, 0.1) is 12.0 Å². The second-order valence-corrected chi connectivity index (χ2v) is 12.3. The summed E-state index contributed by atoms with van der Waals surface area (Å²) in [5, 5.41) is 10.4. The zero-order valence-corrected chi connectivity index (χ0v) is 22.2. The zero-order chi connectivity index (χ0) is 26.9. The molecule has 2 bridgehead atoms. The Morgan fingerprint density at radius 3 is 2.29 bits per heavy atom. The first-order chi connectivity index (χ1) is 18.2. The van der Waals surface area contributed by atoms with E-state index in [1.165, 1.54) is 12.1 Å². The average Bonchev–Trinajstić information content (AvgIpc) is 2.93. The highest BCUT2D eigenvalue weighted by Crippen LogP contribution is 2.47. The summed E-state index contributed by atoms with van der Waals surface area (Å²) in [7, 11) is 0. The zero-order valence-electron chi connectivity index (χ0n) is 22.2. The minimum atomic E-state index is -1.23. The van der Waals surface area contributed by atoms with Gasteiger partial charge in [-0.05, 0) is 132 Å². The Labute approximate surface area is 224 Å². The minimum Gasteiger partial charge on any atom is -0.449 e. The van der Waals surface area contributed by atoms with Crippen molar-refractivity contribution in [1.82, 2.24) is 4.90 Å². The number of halogens is 1. The first-order valence-electron chi connectivity index (χ1n) is 14.5. The van der Waals surface area contributed by atoms with Crippen molar-refractivity contribution in [2.75, 3.05) is 19.6 Å². The van der Waals surface area contributed by atoms with Crippen LogP contribution in [0.1, 0.15) is 81.0 Å². The lowest BCUT2D eigenvalue weighted by molar-refractivity contribution is -0.183. The third kappa shape index (κ3) is 5.81. The number of aliphatic hydroxyl groups is 1. The average molecular weight is 529 g/mol. The number of ketones is 1. The van der Waals surface area contributed by atoms with Crippen molar-refractivity contribution in [3.8, 4) is 0 Å². The predicted molar refractivity (Wildman–Crippen MR) is 139 cm³/mol. The number of primary amides is 1. The fraction of sp³-hybridized carbons (Fsp3) is 0.700. The Bertz CT molecular complexity index is 1010. The van der Waals surface area contributed by atoms with Gasteiger partial charge in [0, 0.05) is 11.5 Å². The number of hydrogen-bond acceptors (Lipinski definition) is 6. The summed E-state index contributed by atoms with van der Waals surface area (Å²) < 4.78 is 19.1. The van der Waals surface area contributed by atoms with Gasteiger partial charge in [-0.25, -0.2) is 4.39 Å². The SMILES string of the molecule is NC(=O)C1(OC(=O)C2CC3CCC2C(O)C3)CCC(CCN2CCC(C(=O)c3ccc(F)cc3)CC2)CC1. The molecule has 4 unspecified atom stereocenters. The van der Waals surface area contributed by atoms with Crippen LogP contribution in [-0.4, -0.2) is 59.0 Å². The summed E-state index contributed by atoms with van der Waals surface area (Å²) in [6, 6.07) is 5.81. The third-order valence-corrected chi connectivity index (χ3v) is 9.98. The predicted octanol–water partition coefficient (Wildman–Crippen LogP) is 3.87. The summed E-state index contributed by atoms with van der Waals surface area (Å²) in [6.45, 7) is 2.67. The van der Waals surface area contributed by atoms with E-state index >= 15 is 0 Å². The number of ether oxygens (including phenoxy) is 1. The van der Waals surface area contributed by atoms with Crippen molar-refractivity contribution in [3.63, 3.8) is 0 Å². The third-order valence-electron chi connectivity index (χ3n) is 9.98. The first kappa shape index (κ1) is 27.3. The molecule has 1 aromatic rings. The minimum absolute atomic E-state index is 0.0160. The Balaban J connectivity index is 1.07. The van der Waals surface area contributed by atoms with Gasteiger partial charge in [0.15, 0.2) is 11.4 Å². The molecule has 0 spiro atoms. The van der Waals surface area contributed by atoms with Gasteiger partial charge in [-0.15, -0.1) is 0 Å². The van der Waals surface area contributed by atoms with Crippen LogP contribution in [0.5, 0.6) is 0 Å². The van der Waals surface area contributed by atoms with Crippen molar-refractivity contribution in [2.24, 2.45) is 35.3 Å². The molecule has 8 heteroatoms. The molecule has 1 amide bonds. The number of rotatable bonds is 8. The van der Waals surface area contributed by atoms with Crippen LogP contribution in [0.3, 0.4) is 0 Å². The first-order valence-corrected chi connectivity index (χ1v) is 14.5. The highest BCUT2D eigenvalue weighted by atomic mass is 19.1. The van der Waals surface area contributed by atoms with Gasteiger partial charge >= 0.3 is 5.97 Å². The molecular formula is C30H41FN2O5. The topological polar surface area (TPSA) is 110 Å². The van der Waals surface area contributed by atoms with Crippen LogP contribution in [0.15, 0.2) is 24.3 Å². The summed E-state index contributed by atoms with van der Waals surface area (Å²) >= 11 is 0. The summed E-state index contributed by atoms with van der Waals surface area (Å²) in [4.78, 5) is 40.7. The molecule has 208 valence electrons. The number of benzene rings is 1. The Morgan fingerprint density at radius 1 is 1.00 bits per heavy atom. The largest absolute Gasteiger partial charge is 0.449 e. The molecule has 0 radical (unpaired) electrons. The number of amides is 1. The van der Waals surface area contributed by atoms with Crippen molar-refractivity contribution >= 4 is 17.7 Å². The molecule has 4 aliphatic carbocycles. The van der Waals surface area contributed by atoms with E-state index in [4.69, 9.17) is 10.5 Å². The van der Waals surface area contributed by atoms with E-state index in [1.807, 2.05) is 0 Å². The number of carbonyl (C=O) groups is 3. The van der Waals surface area contributed by atoms with E-state index in [1.54, 1.807) is 12.1 Å². The van der Waals surface area contributed by atoms with Crippen LogP contribution < -0.4 is 5.73 Å². The lowest BCUT2D eigenvalue weighted by atomic mass is 9.63. The molecule has 5 aliphatic rings. The maximum atomic E-state index is 13.2. The molecule has 0 aromatic heterocycles. The van der Waals surface area contributed by atoms with Gasteiger partial charge < -0.3 is 20.5 Å². The van der Waals surface area contributed by atoms with Gasteiger partial charge in [-0.1, -0.05) is 0 Å². The monoisotopic (exact) mass is 528 g/mol. The number of piperidine rings is 1. The summed E-state index contributed by atoms with van der Waals surface area (Å²) in [5.74, 6) is -0.754. The molecule has 6 rings (SSSR count). The van der Waals surface area contributed by atoms with Crippen molar-refractivity contribution in [1.29, 1.82) is 0 Å². The smallest absolute Gasteiger partial charge is 0.310 e. The van der Waals surface area contributed by atoms with E-state index in [9.17, 15) is 23.9 Å². The second-order valence-electron chi connectivity index (χ2n) is 12.3. The van der Waals surface area contributed by atoms with Crippen LogP contribution in [0, 0.1) is 35.4 Å². The molecule has 4 atom stereocenters. The quantitative estimate of drug-likeness (QED) is 0.392. The van der Waals surface area contributed by atoms with E-state index in [0.29, 0.717) is 30.2 Å². The van der Waals surface area contributed by atoms with Crippen LogP contribution in [0.4, 0.5) is 4.39 Å². The number of nitrogens with two attached hydrogens (primary N) is 1. The standard InChI is InChI=1S/C30H41FN2O5/c31-23-4-2-21(3-5-23)27(35)22-10-15-33(16-11-22)14-9-19-7-12-30(13-8-19,29(32)37)38-28(36)25-17-20-1-6-24(25)26(34)18-20/h2-5,19-20,22,24-26,34H,1,6-18H2,(H2,32,37). The van der Waals surface area contributed by atoms with E-state index in [-0.39, 0.29) is 35.3 Å². The van der Waals surface area contributed by atoms with Crippen LogP contribution in [0.2, 0.25) is 0 Å². The van der Waals surface area contributed by atoms with Gasteiger partial charge in [0.1, 0.15) is 5.82 Å². The van der Waals surface area contributed by atoms with Crippen molar-refractivity contribution in [3.05, 3.63) is 35.6 Å². The number of fused-ring (bicyclic) bond motifs is 3. The molecule has 7 nitrogen and oxygen atoms in total. The van der Waals surface area contributed by atoms with E-state index in [0.717, 1.165) is 77.4 Å². The summed E-state index contributed by atoms with van der Waals surface area (Å²) in [6.07, 6.45) is 8.04. The van der Waals surface area contributed by atoms with Crippen LogP contribution >= 0.6 is 0 Å². The highest BCUT2D eigenvalue weighted by molar-refractivity contribution is 5.97. The van der Waals surface area contributed by atoms with Gasteiger partial charge in [-0.2, -0.15) is 0 Å². The number of hydrogen-bond donors (Lipinski definition) is 2. The van der Waals surface area contributed by atoms with Crippen molar-refractivity contribution < 1.29 is 28.6 Å². The van der Waals surface area contributed by atoms with Crippen LogP contribution in [0.25, 0.3) is 0 Å². The lowest BCUT2D eigenvalue weighted by Gasteiger charge is -2.45. The maximum Gasteiger partial charge on any atom is 0.310 e. The van der Waals surface area contributed by atoms with Gasteiger partial charge in [0.2, 0.25) is 0 Å². The Kier molecular flexibility index (Phi) is 8.19. The molecule has 38 heavy (non-hydrogen) atoms. The fourth-order valence-corrected chi connectivity index (χ4v) is 7.48. The number of esters is 1. The van der Waals surface area contributed by atoms with Gasteiger partial charge in [-0.3, -0.25) is 14.4 Å². The Hall–Kier alpha value is -2.32. The van der Waals surface area contributed by atoms with Gasteiger partial charge in [0.25, 0.3) is 5.91 Å². The molecule has 1 aromatic carbocycles. The number of nitrogens with zero attached hydrogens (tertiary/aromatic N) is 1.